The molecule has 1 heterocycles. The quantitative estimate of drug-likeness (QED) is 0.865. The van der Waals surface area contributed by atoms with Crippen LogP contribution in [0.5, 0.6) is 0 Å². The van der Waals surface area contributed by atoms with Gasteiger partial charge in [0.15, 0.2) is 0 Å². The number of carbonyl (C=O) groups excluding carboxylic acids is 1. The monoisotopic (exact) mass is 250 g/mol. The summed E-state index contributed by atoms with van der Waals surface area (Å²) in [6.07, 6.45) is 0.861. The first-order valence-corrected chi connectivity index (χ1v) is 6.73. The predicted octanol–water partition coefficient (Wildman–Crippen LogP) is 2.33. The fourth-order valence-electron chi connectivity index (χ4n) is 2.06. The van der Waals surface area contributed by atoms with Gasteiger partial charge in [0.05, 0.1) is 10.9 Å². The molecule has 0 saturated carbocycles. The van der Waals surface area contributed by atoms with Crippen LogP contribution in [0.1, 0.15) is 17.5 Å². The number of benzene rings is 1. The summed E-state index contributed by atoms with van der Waals surface area (Å²) in [5.74, 6) is 0.129. The van der Waals surface area contributed by atoms with Gasteiger partial charge in [-0.25, -0.2) is 0 Å². The molecule has 0 aromatic heterocycles. The lowest BCUT2D eigenvalue weighted by Crippen LogP contribution is -2.31. The van der Waals surface area contributed by atoms with Gasteiger partial charge in [-0.05, 0) is 51.1 Å². The molecular weight excluding hydrogens is 232 g/mol. The van der Waals surface area contributed by atoms with E-state index < -0.39 is 0 Å². The van der Waals surface area contributed by atoms with E-state index in [4.69, 9.17) is 0 Å². The second-order valence-electron chi connectivity index (χ2n) is 4.44. The third-order valence-corrected chi connectivity index (χ3v) is 4.22. The Bertz CT molecular complexity index is 445. The predicted molar refractivity (Wildman–Crippen MR) is 72.7 cm³/mol. The smallest absolute Gasteiger partial charge is 0.237 e. The number of amides is 1. The Kier molecular flexibility index (Phi) is 3.74. The highest BCUT2D eigenvalue weighted by Crippen LogP contribution is 2.39. The molecule has 0 aliphatic carbocycles. The number of carbonyl (C=O) groups is 1. The highest BCUT2D eigenvalue weighted by atomic mass is 32.2. The molecule has 3 nitrogen and oxygen atoms in total. The van der Waals surface area contributed by atoms with E-state index in [1.807, 2.05) is 14.0 Å². The number of anilines is 1. The molecule has 2 N–H and O–H groups in total. The zero-order valence-electron chi connectivity index (χ0n) is 10.5. The second-order valence-corrected chi connectivity index (χ2v) is 5.69. The molecule has 1 unspecified atom stereocenters. The summed E-state index contributed by atoms with van der Waals surface area (Å²) in [5.41, 5.74) is 3.39. The van der Waals surface area contributed by atoms with E-state index in [2.05, 4.69) is 29.7 Å². The van der Waals surface area contributed by atoms with Crippen molar-refractivity contribution >= 4 is 23.4 Å². The fraction of sp³-hybridized carbons (Fsp3) is 0.462. The summed E-state index contributed by atoms with van der Waals surface area (Å²) in [7, 11) is 1.91. The number of aryl methyl sites for hydroxylation is 2. The summed E-state index contributed by atoms with van der Waals surface area (Å²) in [6, 6.07) is 4.26. The lowest BCUT2D eigenvalue weighted by atomic mass is 10.1. The molecule has 1 aromatic rings. The molecule has 1 atom stereocenters. The van der Waals surface area contributed by atoms with Gasteiger partial charge in [-0.3, -0.25) is 4.79 Å². The topological polar surface area (TPSA) is 41.1 Å². The molecule has 1 aliphatic heterocycles. The minimum Gasteiger partial charge on any atom is -0.324 e. The summed E-state index contributed by atoms with van der Waals surface area (Å²) < 4.78 is 0. The zero-order chi connectivity index (χ0) is 12.4. The normalized spacial score (nSPS) is 18.8. The molecule has 4 heteroatoms. The van der Waals surface area contributed by atoms with Gasteiger partial charge in [-0.1, -0.05) is 6.07 Å². The highest BCUT2D eigenvalue weighted by molar-refractivity contribution is 8.01. The first-order chi connectivity index (χ1) is 8.11. The van der Waals surface area contributed by atoms with Crippen LogP contribution in [0, 0.1) is 13.8 Å². The van der Waals surface area contributed by atoms with E-state index in [1.165, 1.54) is 10.5 Å². The van der Waals surface area contributed by atoms with E-state index in [9.17, 15) is 4.79 Å². The van der Waals surface area contributed by atoms with Gasteiger partial charge >= 0.3 is 0 Å². The third-order valence-electron chi connectivity index (χ3n) is 2.91. The first kappa shape index (κ1) is 12.5. The molecule has 0 fully saturated rings. The van der Waals surface area contributed by atoms with Crippen LogP contribution in [0.3, 0.4) is 0 Å². The van der Waals surface area contributed by atoms with Gasteiger partial charge in [0, 0.05) is 4.90 Å². The Morgan fingerprint density at radius 3 is 2.88 bits per heavy atom. The Hall–Kier alpha value is -1.00. The van der Waals surface area contributed by atoms with Crippen molar-refractivity contribution in [2.24, 2.45) is 0 Å². The van der Waals surface area contributed by atoms with Crippen molar-refractivity contribution in [3.63, 3.8) is 0 Å². The molecule has 0 spiro atoms. The Labute approximate surface area is 106 Å². The Morgan fingerprint density at radius 2 is 2.18 bits per heavy atom. The van der Waals surface area contributed by atoms with Crippen LogP contribution in [0.2, 0.25) is 0 Å². The number of nitrogens with one attached hydrogen (secondary N) is 2. The maximum Gasteiger partial charge on any atom is 0.237 e. The molecule has 1 aliphatic rings. The van der Waals surface area contributed by atoms with Gasteiger partial charge in [0.1, 0.15) is 0 Å². The Morgan fingerprint density at radius 1 is 1.41 bits per heavy atom. The van der Waals surface area contributed by atoms with Crippen molar-refractivity contribution in [1.29, 1.82) is 0 Å². The maximum absolute atomic E-state index is 11.9. The first-order valence-electron chi connectivity index (χ1n) is 5.85. The molecule has 0 radical (unpaired) electrons. The average Bonchev–Trinajstić information content (AvgIpc) is 2.27. The van der Waals surface area contributed by atoms with Gasteiger partial charge in [-0.15, -0.1) is 11.8 Å². The molecule has 0 saturated heterocycles. The standard InChI is InChI=1S/C13H18N2OS/c1-8-6-9(2)12-11(7-8)17-10(4-5-14-3)13(16)15-12/h6-7,10,14H,4-5H2,1-3H3,(H,15,16). The summed E-state index contributed by atoms with van der Waals surface area (Å²) in [6.45, 7) is 5.00. The molecular formula is C13H18N2OS. The maximum atomic E-state index is 11.9. The van der Waals surface area contributed by atoms with Crippen molar-refractivity contribution in [3.05, 3.63) is 23.3 Å². The van der Waals surface area contributed by atoms with Crippen molar-refractivity contribution < 1.29 is 4.79 Å². The van der Waals surface area contributed by atoms with Crippen LogP contribution in [0.4, 0.5) is 5.69 Å². The fourth-order valence-corrected chi connectivity index (χ4v) is 3.35. The van der Waals surface area contributed by atoms with Crippen molar-refractivity contribution in [1.82, 2.24) is 5.32 Å². The van der Waals surface area contributed by atoms with Crippen molar-refractivity contribution in [3.8, 4) is 0 Å². The number of hydrogen-bond acceptors (Lipinski definition) is 3. The number of thioether (sulfide) groups is 1. The van der Waals surface area contributed by atoms with Crippen LogP contribution >= 0.6 is 11.8 Å². The Balaban J connectivity index is 2.24. The number of hydrogen-bond donors (Lipinski definition) is 2. The average molecular weight is 250 g/mol. The van der Waals surface area contributed by atoms with Crippen LogP contribution in [0.25, 0.3) is 0 Å². The number of rotatable bonds is 3. The molecule has 0 bridgehead atoms. The van der Waals surface area contributed by atoms with Crippen LogP contribution in [-0.4, -0.2) is 24.7 Å². The molecule has 1 aromatic carbocycles. The minimum absolute atomic E-state index is 0.0242. The van der Waals surface area contributed by atoms with E-state index in [0.29, 0.717) is 0 Å². The minimum atomic E-state index is 0.0242. The largest absolute Gasteiger partial charge is 0.324 e. The molecule has 2 rings (SSSR count). The van der Waals surface area contributed by atoms with E-state index in [-0.39, 0.29) is 11.2 Å². The van der Waals surface area contributed by atoms with Crippen molar-refractivity contribution in [2.75, 3.05) is 18.9 Å². The number of fused-ring (bicyclic) bond motifs is 1. The molecule has 1 amide bonds. The van der Waals surface area contributed by atoms with Crippen molar-refractivity contribution in [2.45, 2.75) is 30.4 Å². The molecule has 92 valence electrons. The lowest BCUT2D eigenvalue weighted by molar-refractivity contribution is -0.115. The summed E-state index contributed by atoms with van der Waals surface area (Å²) >= 11 is 1.68. The van der Waals surface area contributed by atoms with E-state index >= 15 is 0 Å². The zero-order valence-corrected chi connectivity index (χ0v) is 11.3. The highest BCUT2D eigenvalue weighted by Gasteiger charge is 2.27. The van der Waals surface area contributed by atoms with Gasteiger partial charge in [0.25, 0.3) is 0 Å². The second kappa shape index (κ2) is 5.10. The third kappa shape index (κ3) is 2.64. The van der Waals surface area contributed by atoms with E-state index in [0.717, 1.165) is 24.2 Å². The molecule has 17 heavy (non-hydrogen) atoms. The van der Waals surface area contributed by atoms with Crippen LogP contribution in [-0.2, 0) is 4.79 Å². The summed E-state index contributed by atoms with van der Waals surface area (Å²) in [5, 5.41) is 6.14. The van der Waals surface area contributed by atoms with E-state index in [1.54, 1.807) is 11.8 Å². The summed E-state index contributed by atoms with van der Waals surface area (Å²) in [4.78, 5) is 13.1. The van der Waals surface area contributed by atoms with Gasteiger partial charge in [-0.2, -0.15) is 0 Å². The SMILES string of the molecule is CNCCC1Sc2cc(C)cc(C)c2NC1=O. The lowest BCUT2D eigenvalue weighted by Gasteiger charge is -2.25. The van der Waals surface area contributed by atoms with Gasteiger partial charge < -0.3 is 10.6 Å². The van der Waals surface area contributed by atoms with Crippen LogP contribution in [0.15, 0.2) is 17.0 Å². The van der Waals surface area contributed by atoms with Crippen LogP contribution < -0.4 is 10.6 Å². The van der Waals surface area contributed by atoms with Gasteiger partial charge in [0.2, 0.25) is 5.91 Å².